The molecule has 0 radical (unpaired) electrons. The SMILES string of the molecule is CC[C@H](NC(=O)N1CCO[C@H](c2ccsc2)C1)c1noc(C)n1. The maximum atomic E-state index is 12.5. The van der Waals surface area contributed by atoms with Crippen LogP contribution in [0.5, 0.6) is 0 Å². The highest BCUT2D eigenvalue weighted by molar-refractivity contribution is 7.07. The van der Waals surface area contributed by atoms with Crippen LogP contribution in [-0.4, -0.2) is 40.8 Å². The summed E-state index contributed by atoms with van der Waals surface area (Å²) in [5, 5.41) is 11.0. The molecule has 3 heterocycles. The Kier molecular flexibility index (Phi) is 4.92. The lowest BCUT2D eigenvalue weighted by Gasteiger charge is -2.33. The Morgan fingerprint density at radius 2 is 2.48 bits per heavy atom. The van der Waals surface area contributed by atoms with Crippen molar-refractivity contribution in [3.8, 4) is 0 Å². The van der Waals surface area contributed by atoms with Gasteiger partial charge in [0, 0.05) is 13.5 Å². The second-order valence-corrected chi connectivity index (χ2v) is 6.22. The van der Waals surface area contributed by atoms with Crippen molar-refractivity contribution in [1.82, 2.24) is 20.4 Å². The molecule has 0 unspecified atom stereocenters. The van der Waals surface area contributed by atoms with Gasteiger partial charge in [-0.25, -0.2) is 4.79 Å². The first kappa shape index (κ1) is 15.9. The highest BCUT2D eigenvalue weighted by Crippen LogP contribution is 2.24. The Labute approximate surface area is 138 Å². The normalized spacial score (nSPS) is 19.6. The summed E-state index contributed by atoms with van der Waals surface area (Å²) >= 11 is 1.63. The number of hydrogen-bond donors (Lipinski definition) is 1. The van der Waals surface area contributed by atoms with Crippen LogP contribution in [0.3, 0.4) is 0 Å². The molecule has 0 aliphatic carbocycles. The summed E-state index contributed by atoms with van der Waals surface area (Å²) in [5.41, 5.74) is 1.12. The van der Waals surface area contributed by atoms with E-state index in [1.807, 2.05) is 18.4 Å². The number of morpholine rings is 1. The molecule has 1 aliphatic heterocycles. The van der Waals surface area contributed by atoms with Crippen LogP contribution < -0.4 is 5.32 Å². The molecule has 23 heavy (non-hydrogen) atoms. The third-order valence-corrected chi connectivity index (χ3v) is 4.53. The number of thiophene rings is 1. The fourth-order valence-corrected chi connectivity index (χ4v) is 3.24. The van der Waals surface area contributed by atoms with Crippen LogP contribution in [0, 0.1) is 6.92 Å². The van der Waals surface area contributed by atoms with Crippen molar-refractivity contribution < 1.29 is 14.1 Å². The zero-order chi connectivity index (χ0) is 16.2. The number of ether oxygens (including phenoxy) is 1. The molecular weight excluding hydrogens is 316 g/mol. The molecule has 1 saturated heterocycles. The van der Waals surface area contributed by atoms with Gasteiger partial charge in [0.1, 0.15) is 6.10 Å². The van der Waals surface area contributed by atoms with Crippen LogP contribution in [0.25, 0.3) is 0 Å². The summed E-state index contributed by atoms with van der Waals surface area (Å²) < 4.78 is 10.8. The highest BCUT2D eigenvalue weighted by atomic mass is 32.1. The minimum Gasteiger partial charge on any atom is -0.370 e. The first-order chi connectivity index (χ1) is 11.2. The van der Waals surface area contributed by atoms with Gasteiger partial charge in [0.2, 0.25) is 5.89 Å². The number of aromatic nitrogens is 2. The molecule has 3 rings (SSSR count). The average Bonchev–Trinajstić information content (AvgIpc) is 3.24. The van der Waals surface area contributed by atoms with Gasteiger partial charge in [0.25, 0.3) is 0 Å². The Balaban J connectivity index is 1.62. The van der Waals surface area contributed by atoms with Crippen LogP contribution >= 0.6 is 11.3 Å². The van der Waals surface area contributed by atoms with E-state index in [1.165, 1.54) is 0 Å². The van der Waals surface area contributed by atoms with E-state index in [1.54, 1.807) is 23.2 Å². The largest absolute Gasteiger partial charge is 0.370 e. The van der Waals surface area contributed by atoms with Gasteiger partial charge in [-0.2, -0.15) is 16.3 Å². The van der Waals surface area contributed by atoms with Crippen LogP contribution in [0.1, 0.15) is 42.8 Å². The van der Waals surface area contributed by atoms with E-state index in [0.29, 0.717) is 37.8 Å². The second-order valence-electron chi connectivity index (χ2n) is 5.44. The number of nitrogens with zero attached hydrogens (tertiary/aromatic N) is 3. The van der Waals surface area contributed by atoms with Gasteiger partial charge >= 0.3 is 6.03 Å². The number of urea groups is 1. The molecule has 7 nitrogen and oxygen atoms in total. The van der Waals surface area contributed by atoms with Crippen molar-refractivity contribution >= 4 is 17.4 Å². The maximum Gasteiger partial charge on any atom is 0.318 e. The summed E-state index contributed by atoms with van der Waals surface area (Å²) in [4.78, 5) is 18.5. The quantitative estimate of drug-likeness (QED) is 0.928. The first-order valence-electron chi connectivity index (χ1n) is 7.66. The van der Waals surface area contributed by atoms with E-state index in [4.69, 9.17) is 9.26 Å². The van der Waals surface area contributed by atoms with Crippen LogP contribution in [0.4, 0.5) is 4.79 Å². The van der Waals surface area contributed by atoms with E-state index in [0.717, 1.165) is 5.56 Å². The highest BCUT2D eigenvalue weighted by Gasteiger charge is 2.27. The van der Waals surface area contributed by atoms with E-state index in [-0.39, 0.29) is 18.2 Å². The lowest BCUT2D eigenvalue weighted by Crippen LogP contribution is -2.48. The summed E-state index contributed by atoms with van der Waals surface area (Å²) in [6.07, 6.45) is 0.636. The number of amides is 2. The number of carbonyl (C=O) groups excluding carboxylic acids is 1. The van der Waals surface area contributed by atoms with Crippen molar-refractivity contribution in [1.29, 1.82) is 0 Å². The smallest absolute Gasteiger partial charge is 0.318 e. The number of rotatable bonds is 4. The number of carbonyl (C=O) groups is 1. The third kappa shape index (κ3) is 3.70. The van der Waals surface area contributed by atoms with Gasteiger partial charge in [-0.15, -0.1) is 0 Å². The van der Waals surface area contributed by atoms with Gasteiger partial charge in [0.05, 0.1) is 19.2 Å². The van der Waals surface area contributed by atoms with Gasteiger partial charge in [-0.05, 0) is 28.8 Å². The maximum absolute atomic E-state index is 12.5. The van der Waals surface area contributed by atoms with Crippen molar-refractivity contribution in [2.45, 2.75) is 32.4 Å². The molecule has 1 fully saturated rings. The fraction of sp³-hybridized carbons (Fsp3) is 0.533. The van der Waals surface area contributed by atoms with Crippen molar-refractivity contribution in [3.63, 3.8) is 0 Å². The molecule has 1 aliphatic rings. The van der Waals surface area contributed by atoms with Gasteiger partial charge in [-0.3, -0.25) is 0 Å². The van der Waals surface area contributed by atoms with Crippen LogP contribution in [0.15, 0.2) is 21.3 Å². The standard InChI is InChI=1S/C15H20N4O3S/c1-3-12(14-16-10(2)22-18-14)17-15(20)19-5-6-21-13(8-19)11-4-7-23-9-11/h4,7,9,12-13H,3,5-6,8H2,1-2H3,(H,17,20)/t12-,13-/m0/s1. The second kappa shape index (κ2) is 7.10. The summed E-state index contributed by atoms with van der Waals surface area (Å²) in [6, 6.07) is 1.67. The zero-order valence-electron chi connectivity index (χ0n) is 13.2. The molecule has 0 bridgehead atoms. The predicted octanol–water partition coefficient (Wildman–Crippen LogP) is 2.67. The Morgan fingerprint density at radius 1 is 1.61 bits per heavy atom. The van der Waals surface area contributed by atoms with Crippen molar-refractivity contribution in [2.24, 2.45) is 0 Å². The molecular formula is C15H20N4O3S. The molecule has 124 valence electrons. The molecule has 0 aromatic carbocycles. The monoisotopic (exact) mass is 336 g/mol. The van der Waals surface area contributed by atoms with Crippen molar-refractivity contribution in [3.05, 3.63) is 34.1 Å². The number of aryl methyl sites for hydroxylation is 1. The molecule has 2 amide bonds. The van der Waals surface area contributed by atoms with Gasteiger partial charge < -0.3 is 19.5 Å². The molecule has 8 heteroatoms. The minimum absolute atomic E-state index is 0.0618. The molecule has 0 spiro atoms. The lowest BCUT2D eigenvalue weighted by atomic mass is 10.1. The average molecular weight is 336 g/mol. The van der Waals surface area contributed by atoms with Crippen LogP contribution in [-0.2, 0) is 4.74 Å². The molecule has 2 aromatic rings. The van der Waals surface area contributed by atoms with E-state index >= 15 is 0 Å². The lowest BCUT2D eigenvalue weighted by molar-refractivity contribution is -0.0156. The fourth-order valence-electron chi connectivity index (χ4n) is 2.54. The third-order valence-electron chi connectivity index (χ3n) is 3.83. The van der Waals surface area contributed by atoms with Gasteiger partial charge in [0.15, 0.2) is 5.82 Å². The Morgan fingerprint density at radius 3 is 3.13 bits per heavy atom. The molecule has 0 saturated carbocycles. The molecule has 2 atom stereocenters. The summed E-state index contributed by atoms with van der Waals surface area (Å²) in [5.74, 6) is 1.01. The van der Waals surface area contributed by atoms with Crippen LogP contribution in [0.2, 0.25) is 0 Å². The molecule has 2 aromatic heterocycles. The zero-order valence-corrected chi connectivity index (χ0v) is 14.0. The Hall–Kier alpha value is -1.93. The summed E-state index contributed by atoms with van der Waals surface area (Å²) in [7, 11) is 0. The number of nitrogens with one attached hydrogen (secondary N) is 1. The van der Waals surface area contributed by atoms with E-state index < -0.39 is 0 Å². The minimum atomic E-state index is -0.248. The first-order valence-corrected chi connectivity index (χ1v) is 8.61. The van der Waals surface area contributed by atoms with E-state index in [9.17, 15) is 4.79 Å². The van der Waals surface area contributed by atoms with Crippen molar-refractivity contribution in [2.75, 3.05) is 19.7 Å². The number of hydrogen-bond acceptors (Lipinski definition) is 6. The Bertz CT molecular complexity index is 643. The topological polar surface area (TPSA) is 80.5 Å². The molecule has 1 N–H and O–H groups in total. The predicted molar refractivity (Wildman–Crippen MR) is 85.2 cm³/mol. The van der Waals surface area contributed by atoms with E-state index in [2.05, 4.69) is 20.8 Å². The summed E-state index contributed by atoms with van der Waals surface area (Å²) in [6.45, 7) is 5.37. The van der Waals surface area contributed by atoms with Gasteiger partial charge in [-0.1, -0.05) is 12.1 Å².